The molecule has 5 heteroatoms. The molecule has 1 N–H and O–H groups in total. The standard InChI is InChI=1S/C13H17BrN2O2/c1-13(2,3)11-5-4-8-6-9(16(17)18)7-10(14)12(8)15-11/h6-7,11,15H,4-5H2,1-3H3. The Bertz CT molecular complexity index is 494. The number of nitro groups is 1. The minimum atomic E-state index is -0.346. The molecule has 0 radical (unpaired) electrons. The van der Waals surface area contributed by atoms with Crippen molar-refractivity contribution in [3.05, 3.63) is 32.3 Å². The Kier molecular flexibility index (Phi) is 3.36. The number of anilines is 1. The van der Waals surface area contributed by atoms with E-state index in [0.29, 0.717) is 6.04 Å². The van der Waals surface area contributed by atoms with Gasteiger partial charge in [-0.3, -0.25) is 10.1 Å². The molecule has 4 nitrogen and oxygen atoms in total. The maximum atomic E-state index is 10.8. The Morgan fingerprint density at radius 2 is 2.11 bits per heavy atom. The predicted octanol–water partition coefficient (Wildman–Crippen LogP) is 4.13. The molecule has 0 amide bonds. The highest BCUT2D eigenvalue weighted by atomic mass is 79.9. The molecule has 1 aromatic carbocycles. The molecule has 0 saturated heterocycles. The van der Waals surface area contributed by atoms with Crippen LogP contribution in [0.5, 0.6) is 0 Å². The van der Waals surface area contributed by atoms with Crippen LogP contribution >= 0.6 is 15.9 Å². The average Bonchev–Trinajstić information content (AvgIpc) is 2.27. The van der Waals surface area contributed by atoms with Gasteiger partial charge < -0.3 is 5.32 Å². The van der Waals surface area contributed by atoms with Crippen LogP contribution in [-0.4, -0.2) is 11.0 Å². The van der Waals surface area contributed by atoms with Crippen LogP contribution in [0.4, 0.5) is 11.4 Å². The molecule has 0 fully saturated rings. The number of aryl methyl sites for hydroxylation is 1. The highest BCUT2D eigenvalue weighted by molar-refractivity contribution is 9.10. The number of rotatable bonds is 1. The smallest absolute Gasteiger partial charge is 0.270 e. The van der Waals surface area contributed by atoms with Gasteiger partial charge in [0.2, 0.25) is 0 Å². The number of non-ortho nitro benzene ring substituents is 1. The van der Waals surface area contributed by atoms with Crippen molar-refractivity contribution in [2.45, 2.75) is 39.7 Å². The van der Waals surface area contributed by atoms with E-state index < -0.39 is 0 Å². The Morgan fingerprint density at radius 1 is 1.44 bits per heavy atom. The lowest BCUT2D eigenvalue weighted by Gasteiger charge is -2.36. The van der Waals surface area contributed by atoms with Gasteiger partial charge in [0.15, 0.2) is 0 Å². The van der Waals surface area contributed by atoms with E-state index in [0.717, 1.165) is 28.6 Å². The number of halogens is 1. The van der Waals surface area contributed by atoms with Gasteiger partial charge in [-0.1, -0.05) is 20.8 Å². The van der Waals surface area contributed by atoms with Crippen molar-refractivity contribution in [2.24, 2.45) is 5.41 Å². The molecule has 2 rings (SSSR count). The molecular weight excluding hydrogens is 296 g/mol. The van der Waals surface area contributed by atoms with Gasteiger partial charge in [-0.2, -0.15) is 0 Å². The van der Waals surface area contributed by atoms with Gasteiger partial charge in [-0.05, 0) is 39.8 Å². The molecule has 18 heavy (non-hydrogen) atoms. The van der Waals surface area contributed by atoms with Gasteiger partial charge in [0.1, 0.15) is 0 Å². The van der Waals surface area contributed by atoms with Crippen LogP contribution in [0, 0.1) is 15.5 Å². The molecule has 0 spiro atoms. The number of nitro benzene ring substituents is 1. The lowest BCUT2D eigenvalue weighted by Crippen LogP contribution is -2.37. The maximum Gasteiger partial charge on any atom is 0.270 e. The fourth-order valence-electron chi connectivity index (χ4n) is 2.31. The van der Waals surface area contributed by atoms with E-state index in [9.17, 15) is 10.1 Å². The largest absolute Gasteiger partial charge is 0.381 e. The highest BCUT2D eigenvalue weighted by Gasteiger charge is 2.30. The molecule has 98 valence electrons. The van der Waals surface area contributed by atoms with Crippen LogP contribution in [0.3, 0.4) is 0 Å². The Morgan fingerprint density at radius 3 is 2.67 bits per heavy atom. The first-order valence-corrected chi connectivity index (χ1v) is 6.81. The fourth-order valence-corrected chi connectivity index (χ4v) is 2.91. The number of benzene rings is 1. The summed E-state index contributed by atoms with van der Waals surface area (Å²) in [4.78, 5) is 10.5. The van der Waals surface area contributed by atoms with E-state index in [2.05, 4.69) is 42.0 Å². The molecule has 0 aromatic heterocycles. The van der Waals surface area contributed by atoms with Gasteiger partial charge in [0.25, 0.3) is 5.69 Å². The second-order valence-electron chi connectivity index (χ2n) is 5.82. The van der Waals surface area contributed by atoms with Crippen LogP contribution < -0.4 is 5.32 Å². The molecule has 1 heterocycles. The molecule has 1 aliphatic heterocycles. The van der Waals surface area contributed by atoms with Crippen molar-refractivity contribution < 1.29 is 4.92 Å². The number of nitrogens with zero attached hydrogens (tertiary/aromatic N) is 1. The van der Waals surface area contributed by atoms with Crippen LogP contribution in [-0.2, 0) is 6.42 Å². The van der Waals surface area contributed by atoms with Crippen molar-refractivity contribution in [2.75, 3.05) is 5.32 Å². The first-order chi connectivity index (χ1) is 8.29. The lowest BCUT2D eigenvalue weighted by molar-refractivity contribution is -0.385. The summed E-state index contributed by atoms with van der Waals surface area (Å²) in [6, 6.07) is 3.63. The summed E-state index contributed by atoms with van der Waals surface area (Å²) in [5.41, 5.74) is 2.36. The van der Waals surface area contributed by atoms with E-state index >= 15 is 0 Å². The predicted molar refractivity (Wildman–Crippen MR) is 76.0 cm³/mol. The van der Waals surface area contributed by atoms with E-state index in [4.69, 9.17) is 0 Å². The maximum absolute atomic E-state index is 10.8. The summed E-state index contributed by atoms with van der Waals surface area (Å²) < 4.78 is 0.778. The normalized spacial score (nSPS) is 19.0. The van der Waals surface area contributed by atoms with Crippen molar-refractivity contribution >= 4 is 27.3 Å². The van der Waals surface area contributed by atoms with Crippen molar-refractivity contribution in [1.29, 1.82) is 0 Å². The molecule has 0 saturated carbocycles. The van der Waals surface area contributed by atoms with Crippen LogP contribution in [0.2, 0.25) is 0 Å². The molecule has 0 aliphatic carbocycles. The third-order valence-electron chi connectivity index (χ3n) is 3.43. The van der Waals surface area contributed by atoms with E-state index in [1.165, 1.54) is 0 Å². The third-order valence-corrected chi connectivity index (χ3v) is 4.06. The van der Waals surface area contributed by atoms with Crippen molar-refractivity contribution in [1.82, 2.24) is 0 Å². The summed E-state index contributed by atoms with van der Waals surface area (Å²) in [5, 5.41) is 14.3. The number of fused-ring (bicyclic) bond motifs is 1. The SMILES string of the molecule is CC(C)(C)C1CCc2cc([N+](=O)[O-])cc(Br)c2N1. The van der Waals surface area contributed by atoms with Gasteiger partial charge in [0.05, 0.1) is 10.6 Å². The molecule has 1 unspecified atom stereocenters. The van der Waals surface area contributed by atoms with E-state index in [-0.39, 0.29) is 16.0 Å². The number of nitrogens with one attached hydrogen (secondary N) is 1. The van der Waals surface area contributed by atoms with Gasteiger partial charge in [-0.15, -0.1) is 0 Å². The quantitative estimate of drug-likeness (QED) is 0.626. The molecule has 0 bridgehead atoms. The Labute approximate surface area is 115 Å². The van der Waals surface area contributed by atoms with Crippen LogP contribution in [0.1, 0.15) is 32.8 Å². The molecule has 1 aliphatic rings. The summed E-state index contributed by atoms with van der Waals surface area (Å²) in [6.07, 6.45) is 1.88. The van der Waals surface area contributed by atoms with Gasteiger partial charge in [-0.25, -0.2) is 0 Å². The second kappa shape index (κ2) is 4.53. The van der Waals surface area contributed by atoms with Crippen LogP contribution in [0.25, 0.3) is 0 Å². The second-order valence-corrected chi connectivity index (χ2v) is 6.67. The first kappa shape index (κ1) is 13.3. The van der Waals surface area contributed by atoms with Crippen molar-refractivity contribution in [3.63, 3.8) is 0 Å². The van der Waals surface area contributed by atoms with Crippen molar-refractivity contribution in [3.8, 4) is 0 Å². The summed E-state index contributed by atoms with van der Waals surface area (Å²) in [7, 11) is 0. The Balaban J connectivity index is 2.37. The zero-order valence-corrected chi connectivity index (χ0v) is 12.4. The van der Waals surface area contributed by atoms with Crippen LogP contribution in [0.15, 0.2) is 16.6 Å². The number of hydrogen-bond acceptors (Lipinski definition) is 3. The Hall–Kier alpha value is -1.10. The zero-order valence-electron chi connectivity index (χ0n) is 10.8. The zero-order chi connectivity index (χ0) is 13.5. The number of hydrogen-bond donors (Lipinski definition) is 1. The lowest BCUT2D eigenvalue weighted by atomic mass is 9.81. The van der Waals surface area contributed by atoms with Gasteiger partial charge >= 0.3 is 0 Å². The van der Waals surface area contributed by atoms with Gasteiger partial charge in [0, 0.05) is 22.6 Å². The minimum absolute atomic E-state index is 0.150. The monoisotopic (exact) mass is 312 g/mol. The van der Waals surface area contributed by atoms with E-state index in [1.807, 2.05) is 0 Å². The summed E-state index contributed by atoms with van der Waals surface area (Å²) in [6.45, 7) is 6.61. The minimum Gasteiger partial charge on any atom is -0.381 e. The average molecular weight is 313 g/mol. The highest BCUT2D eigenvalue weighted by Crippen LogP contribution is 2.39. The summed E-state index contributed by atoms with van der Waals surface area (Å²) >= 11 is 3.43. The first-order valence-electron chi connectivity index (χ1n) is 6.02. The van der Waals surface area contributed by atoms with E-state index in [1.54, 1.807) is 12.1 Å². The third kappa shape index (κ3) is 2.51. The summed E-state index contributed by atoms with van der Waals surface area (Å²) in [5.74, 6) is 0. The topological polar surface area (TPSA) is 55.2 Å². The molecule has 1 atom stereocenters. The fraction of sp³-hybridized carbons (Fsp3) is 0.538. The molecule has 1 aromatic rings. The molecular formula is C13H17BrN2O2.